The van der Waals surface area contributed by atoms with Crippen LogP contribution in [0.4, 0.5) is 0 Å². The number of aromatic nitrogens is 2. The predicted octanol–water partition coefficient (Wildman–Crippen LogP) is 1.24. The van der Waals surface area contributed by atoms with E-state index in [4.69, 9.17) is 9.15 Å². The van der Waals surface area contributed by atoms with E-state index in [1.807, 2.05) is 6.92 Å². The highest BCUT2D eigenvalue weighted by atomic mass is 16.5. The highest BCUT2D eigenvalue weighted by Gasteiger charge is 2.27. The monoisotopic (exact) mass is 280 g/mol. The first-order valence-electron chi connectivity index (χ1n) is 7.60. The van der Waals surface area contributed by atoms with Crippen LogP contribution >= 0.6 is 0 Å². The number of rotatable bonds is 4. The van der Waals surface area contributed by atoms with Crippen LogP contribution in [-0.4, -0.2) is 65.4 Å². The van der Waals surface area contributed by atoms with Crippen LogP contribution < -0.4 is 0 Å². The van der Waals surface area contributed by atoms with Gasteiger partial charge in [-0.1, -0.05) is 0 Å². The summed E-state index contributed by atoms with van der Waals surface area (Å²) in [5.41, 5.74) is 0. The van der Waals surface area contributed by atoms with E-state index in [0.717, 1.165) is 45.2 Å². The molecule has 0 unspecified atom stereocenters. The van der Waals surface area contributed by atoms with Crippen LogP contribution in [0.2, 0.25) is 0 Å². The van der Waals surface area contributed by atoms with Gasteiger partial charge in [-0.3, -0.25) is 9.80 Å². The Morgan fingerprint density at radius 3 is 2.65 bits per heavy atom. The first-order chi connectivity index (χ1) is 9.72. The van der Waals surface area contributed by atoms with Gasteiger partial charge >= 0.3 is 0 Å². The Labute approximate surface area is 120 Å². The summed E-state index contributed by atoms with van der Waals surface area (Å²) in [5.74, 6) is 1.37. The van der Waals surface area contributed by atoms with Gasteiger partial charge in [0.25, 0.3) is 0 Å². The van der Waals surface area contributed by atoms with E-state index in [0.29, 0.717) is 12.0 Å². The summed E-state index contributed by atoms with van der Waals surface area (Å²) in [6, 6.07) is 0.209. The summed E-state index contributed by atoms with van der Waals surface area (Å²) in [7, 11) is 0. The van der Waals surface area contributed by atoms with Gasteiger partial charge in [-0.15, -0.1) is 10.2 Å². The zero-order chi connectivity index (χ0) is 13.9. The first-order valence-corrected chi connectivity index (χ1v) is 7.60. The van der Waals surface area contributed by atoms with Crippen molar-refractivity contribution >= 4 is 0 Å². The van der Waals surface area contributed by atoms with E-state index in [1.54, 1.807) is 0 Å². The van der Waals surface area contributed by atoms with Crippen molar-refractivity contribution in [1.82, 2.24) is 20.0 Å². The van der Waals surface area contributed by atoms with Crippen LogP contribution in [0.1, 0.15) is 37.6 Å². The van der Waals surface area contributed by atoms with Crippen LogP contribution in [0.15, 0.2) is 4.42 Å². The molecule has 0 N–H and O–H groups in total. The molecule has 3 rings (SSSR count). The minimum Gasteiger partial charge on any atom is -0.424 e. The molecule has 3 heterocycles. The van der Waals surface area contributed by atoms with Crippen molar-refractivity contribution in [2.75, 3.05) is 39.3 Å². The fraction of sp³-hybridized carbons (Fsp3) is 0.857. The van der Waals surface area contributed by atoms with E-state index >= 15 is 0 Å². The summed E-state index contributed by atoms with van der Waals surface area (Å²) in [5, 5.41) is 8.05. The van der Waals surface area contributed by atoms with E-state index in [2.05, 4.69) is 26.9 Å². The summed E-state index contributed by atoms with van der Waals surface area (Å²) in [6.45, 7) is 10.3. The van der Waals surface area contributed by atoms with Gasteiger partial charge in [-0.25, -0.2) is 0 Å². The lowest BCUT2D eigenvalue weighted by atomic mass is 10.2. The maximum absolute atomic E-state index is 5.71. The van der Waals surface area contributed by atoms with Crippen molar-refractivity contribution in [2.24, 2.45) is 0 Å². The molecule has 2 fully saturated rings. The summed E-state index contributed by atoms with van der Waals surface area (Å²) < 4.78 is 11.2. The molecular formula is C14H24N4O2. The second kappa shape index (κ2) is 6.20. The lowest BCUT2D eigenvalue weighted by Crippen LogP contribution is -2.49. The molecular weight excluding hydrogens is 256 g/mol. The maximum Gasteiger partial charge on any atom is 0.233 e. The zero-order valence-electron chi connectivity index (χ0n) is 12.4. The Bertz CT molecular complexity index is 423. The SMILES string of the molecule is Cc1nnc([C@H](C)N2CCN(C[C@H]3CCCO3)CC2)o1. The van der Waals surface area contributed by atoms with Crippen LogP contribution in [0.5, 0.6) is 0 Å². The molecule has 0 amide bonds. The Balaban J connectivity index is 1.48. The number of ether oxygens (including phenoxy) is 1. The molecule has 0 saturated carbocycles. The molecule has 112 valence electrons. The summed E-state index contributed by atoms with van der Waals surface area (Å²) in [4.78, 5) is 4.93. The molecule has 0 aliphatic carbocycles. The van der Waals surface area contributed by atoms with Gasteiger partial charge in [0.2, 0.25) is 11.8 Å². The average Bonchev–Trinajstić information content (AvgIpc) is 3.10. The highest BCUT2D eigenvalue weighted by molar-refractivity contribution is 4.90. The van der Waals surface area contributed by atoms with E-state index in [9.17, 15) is 0 Å². The molecule has 1 aromatic heterocycles. The molecule has 2 aliphatic heterocycles. The Morgan fingerprint density at radius 1 is 1.25 bits per heavy atom. The standard InChI is InChI=1S/C14H24N4O2/c1-11(14-16-15-12(2)20-14)18-7-5-17(6-8-18)10-13-4-3-9-19-13/h11,13H,3-10H2,1-2H3/t11-,13+/m0/s1. The van der Waals surface area contributed by atoms with Gasteiger partial charge in [0.05, 0.1) is 12.1 Å². The third-order valence-electron chi connectivity index (χ3n) is 4.34. The number of hydrogen-bond acceptors (Lipinski definition) is 6. The van der Waals surface area contributed by atoms with E-state index < -0.39 is 0 Å². The topological polar surface area (TPSA) is 54.6 Å². The molecule has 2 aliphatic rings. The van der Waals surface area contributed by atoms with E-state index in [1.165, 1.54) is 12.8 Å². The van der Waals surface area contributed by atoms with Crippen molar-refractivity contribution < 1.29 is 9.15 Å². The minimum absolute atomic E-state index is 0.209. The molecule has 6 heteroatoms. The zero-order valence-corrected chi connectivity index (χ0v) is 12.4. The van der Waals surface area contributed by atoms with Gasteiger partial charge in [0.15, 0.2) is 0 Å². The molecule has 6 nitrogen and oxygen atoms in total. The lowest BCUT2D eigenvalue weighted by molar-refractivity contribution is 0.0386. The number of piperazine rings is 1. The maximum atomic E-state index is 5.71. The van der Waals surface area contributed by atoms with Crippen LogP contribution in [0.3, 0.4) is 0 Å². The summed E-state index contributed by atoms with van der Waals surface area (Å²) in [6.07, 6.45) is 2.90. The number of hydrogen-bond donors (Lipinski definition) is 0. The van der Waals surface area contributed by atoms with Gasteiger partial charge in [-0.05, 0) is 19.8 Å². The third kappa shape index (κ3) is 3.19. The van der Waals surface area contributed by atoms with Crippen LogP contribution in [-0.2, 0) is 4.74 Å². The normalized spacial score (nSPS) is 27.0. The van der Waals surface area contributed by atoms with Crippen molar-refractivity contribution in [3.63, 3.8) is 0 Å². The van der Waals surface area contributed by atoms with Gasteiger partial charge < -0.3 is 9.15 Å². The molecule has 1 aromatic rings. The second-order valence-electron chi connectivity index (χ2n) is 5.81. The van der Waals surface area contributed by atoms with Crippen LogP contribution in [0, 0.1) is 6.92 Å². The highest BCUT2D eigenvalue weighted by Crippen LogP contribution is 2.21. The molecule has 0 bridgehead atoms. The Morgan fingerprint density at radius 2 is 2.05 bits per heavy atom. The fourth-order valence-corrected chi connectivity index (χ4v) is 3.05. The number of nitrogens with zero attached hydrogens (tertiary/aromatic N) is 4. The van der Waals surface area contributed by atoms with Gasteiger partial charge in [0, 0.05) is 46.3 Å². The minimum atomic E-state index is 0.209. The third-order valence-corrected chi connectivity index (χ3v) is 4.34. The molecule has 0 spiro atoms. The van der Waals surface area contributed by atoms with Crippen molar-refractivity contribution in [2.45, 2.75) is 38.8 Å². The van der Waals surface area contributed by atoms with Crippen LogP contribution in [0.25, 0.3) is 0 Å². The first kappa shape index (κ1) is 14.0. The quantitative estimate of drug-likeness (QED) is 0.827. The predicted molar refractivity (Wildman–Crippen MR) is 74.4 cm³/mol. The van der Waals surface area contributed by atoms with Crippen molar-refractivity contribution in [3.8, 4) is 0 Å². The fourth-order valence-electron chi connectivity index (χ4n) is 3.05. The second-order valence-corrected chi connectivity index (χ2v) is 5.81. The Hall–Kier alpha value is -0.980. The molecule has 2 atom stereocenters. The largest absolute Gasteiger partial charge is 0.424 e. The van der Waals surface area contributed by atoms with E-state index in [-0.39, 0.29) is 6.04 Å². The molecule has 2 saturated heterocycles. The lowest BCUT2D eigenvalue weighted by Gasteiger charge is -2.37. The van der Waals surface area contributed by atoms with Gasteiger partial charge in [-0.2, -0.15) is 0 Å². The molecule has 20 heavy (non-hydrogen) atoms. The molecule has 0 radical (unpaired) electrons. The summed E-state index contributed by atoms with van der Waals surface area (Å²) >= 11 is 0. The van der Waals surface area contributed by atoms with Crippen molar-refractivity contribution in [1.29, 1.82) is 0 Å². The smallest absolute Gasteiger partial charge is 0.233 e. The Kier molecular flexibility index (Phi) is 4.33. The molecule has 0 aromatic carbocycles. The number of aryl methyl sites for hydroxylation is 1. The van der Waals surface area contributed by atoms with Gasteiger partial charge in [0.1, 0.15) is 0 Å². The van der Waals surface area contributed by atoms with Crippen molar-refractivity contribution in [3.05, 3.63) is 11.8 Å². The average molecular weight is 280 g/mol.